The predicted octanol–water partition coefficient (Wildman–Crippen LogP) is 10.3. The Morgan fingerprint density at radius 1 is 0.612 bits per heavy atom. The summed E-state index contributed by atoms with van der Waals surface area (Å²) in [5.41, 5.74) is 7.50. The average Bonchev–Trinajstić information content (AvgIpc) is 3.05. The van der Waals surface area contributed by atoms with Gasteiger partial charge in [0.05, 0.1) is 18.5 Å². The molecule has 272 valence electrons. The van der Waals surface area contributed by atoms with Gasteiger partial charge in [0.1, 0.15) is 6.10 Å². The first kappa shape index (κ1) is 45.3. The predicted molar refractivity (Wildman–Crippen MR) is 204 cm³/mol. The molecule has 2 N–H and O–H groups in total. The topological polar surface area (TPSA) is 93.1 Å². The molecule has 3 aromatic carbocycles. The number of esters is 2. The fraction of sp³-hybridized carbons (Fsp3) is 0.488. The maximum Gasteiger partial charge on any atom is 0.310 e. The van der Waals surface area contributed by atoms with Crippen molar-refractivity contribution >= 4 is 11.9 Å². The van der Waals surface area contributed by atoms with Gasteiger partial charge >= 0.3 is 11.9 Å². The maximum absolute atomic E-state index is 11.5. The number of hydrogen-bond donors (Lipinski definition) is 2. The van der Waals surface area contributed by atoms with Crippen LogP contribution in [0.5, 0.6) is 0 Å². The molecule has 0 saturated heterocycles. The number of aliphatic hydroxyl groups excluding tert-OH is 2. The number of aryl methyl sites for hydroxylation is 3. The monoisotopic (exact) mass is 676 g/mol. The van der Waals surface area contributed by atoms with Gasteiger partial charge in [-0.25, -0.2) is 0 Å². The largest absolute Gasteiger partial charge is 0.462 e. The Labute approximate surface area is 297 Å². The Morgan fingerprint density at radius 2 is 0.939 bits per heavy atom. The van der Waals surface area contributed by atoms with Gasteiger partial charge in [0, 0.05) is 30.6 Å². The van der Waals surface area contributed by atoms with Crippen molar-refractivity contribution in [1.82, 2.24) is 0 Å². The number of carbonyl (C=O) groups is 2. The van der Waals surface area contributed by atoms with Crippen LogP contribution < -0.4 is 0 Å². The van der Waals surface area contributed by atoms with E-state index in [1.54, 1.807) is 0 Å². The van der Waals surface area contributed by atoms with Crippen LogP contribution in [0.4, 0.5) is 0 Å². The van der Waals surface area contributed by atoms with Gasteiger partial charge < -0.3 is 19.7 Å². The normalized spacial score (nSPS) is 13.9. The van der Waals surface area contributed by atoms with E-state index in [1.807, 2.05) is 84.9 Å². The molecular formula is C43H64O6. The lowest BCUT2D eigenvalue weighted by Gasteiger charge is -2.22. The molecule has 0 saturated carbocycles. The van der Waals surface area contributed by atoms with Crippen LogP contribution in [0.2, 0.25) is 0 Å². The molecule has 0 unspecified atom stereocenters. The fourth-order valence-electron chi connectivity index (χ4n) is 4.99. The molecule has 0 fully saturated rings. The number of ether oxygens (including phenoxy) is 2. The van der Waals surface area contributed by atoms with Gasteiger partial charge in [-0.05, 0) is 87.8 Å². The number of rotatable bonds is 12. The Bertz CT molecular complexity index is 1310. The third-order valence-electron chi connectivity index (χ3n) is 8.63. The summed E-state index contributed by atoms with van der Waals surface area (Å²) in [6.45, 7) is 25.2. The summed E-state index contributed by atoms with van der Waals surface area (Å²) in [7, 11) is 0. The molecule has 0 aliphatic carbocycles. The maximum atomic E-state index is 11.5. The first-order chi connectivity index (χ1) is 23.1. The Morgan fingerprint density at radius 3 is 1.24 bits per heavy atom. The van der Waals surface area contributed by atoms with Gasteiger partial charge in [-0.1, -0.05) is 114 Å². The quantitative estimate of drug-likeness (QED) is 0.147. The lowest BCUT2D eigenvalue weighted by molar-refractivity contribution is -0.149. The standard InChI is InChI=1S/C15H22O2.2C11H16O.C6H10O2/c1-5-8-15(16)17-13(4)12(3)14-10-7-6-9-11(14)2;2*1-8-6-4-5-7-11(8)9(2)10(3)12;1-3-5-6(7)8-4-2/h6-7,9-10,12-13H,5,8H2,1-4H3;2*4-7,9-10,12H,1-3H3;4H,2-3,5H2,1H3/t12-,13+;2*9-,10+;/m011./s1. The van der Waals surface area contributed by atoms with E-state index in [1.165, 1.54) is 33.4 Å². The van der Waals surface area contributed by atoms with Crippen LogP contribution in [-0.4, -0.2) is 40.5 Å². The first-order valence-electron chi connectivity index (χ1n) is 17.6. The van der Waals surface area contributed by atoms with Crippen LogP contribution in [-0.2, 0) is 19.1 Å². The zero-order chi connectivity index (χ0) is 37.5. The van der Waals surface area contributed by atoms with E-state index in [0.717, 1.165) is 19.1 Å². The molecule has 0 aliphatic heterocycles. The molecule has 0 aromatic heterocycles. The van der Waals surface area contributed by atoms with Gasteiger partial charge in [0.15, 0.2) is 0 Å². The summed E-state index contributed by atoms with van der Waals surface area (Å²) >= 11 is 0. The van der Waals surface area contributed by atoms with Gasteiger partial charge in [-0.2, -0.15) is 0 Å². The van der Waals surface area contributed by atoms with Gasteiger partial charge in [0.2, 0.25) is 0 Å². The molecule has 3 rings (SSSR count). The molecule has 0 aliphatic rings. The van der Waals surface area contributed by atoms with Crippen molar-refractivity contribution in [3.63, 3.8) is 0 Å². The lowest BCUT2D eigenvalue weighted by Crippen LogP contribution is -2.21. The van der Waals surface area contributed by atoms with Gasteiger partial charge in [-0.3, -0.25) is 9.59 Å². The number of carbonyl (C=O) groups excluding carboxylic acids is 2. The van der Waals surface area contributed by atoms with E-state index in [2.05, 4.69) is 75.4 Å². The van der Waals surface area contributed by atoms with E-state index in [9.17, 15) is 19.8 Å². The molecule has 6 atom stereocenters. The second-order valence-corrected chi connectivity index (χ2v) is 12.8. The minimum atomic E-state index is -0.272. The van der Waals surface area contributed by atoms with Crippen LogP contribution in [0, 0.1) is 20.8 Å². The molecule has 0 spiro atoms. The zero-order valence-corrected chi connectivity index (χ0v) is 32.0. The van der Waals surface area contributed by atoms with Crippen molar-refractivity contribution < 1.29 is 29.3 Å². The summed E-state index contributed by atoms with van der Waals surface area (Å²) in [6, 6.07) is 24.6. The van der Waals surface area contributed by atoms with E-state index in [0.29, 0.717) is 12.8 Å². The smallest absolute Gasteiger partial charge is 0.310 e. The van der Waals surface area contributed by atoms with Crippen LogP contribution in [0.1, 0.15) is 132 Å². The Kier molecular flexibility index (Phi) is 23.3. The Hall–Kier alpha value is -3.74. The summed E-state index contributed by atoms with van der Waals surface area (Å²) in [6.07, 6.45) is 3.18. The molecule has 3 aromatic rings. The molecular weight excluding hydrogens is 612 g/mol. The van der Waals surface area contributed by atoms with E-state index < -0.39 is 0 Å². The molecule has 0 amide bonds. The van der Waals surface area contributed by atoms with Crippen LogP contribution in [0.15, 0.2) is 85.6 Å². The van der Waals surface area contributed by atoms with Crippen molar-refractivity contribution in [3.05, 3.63) is 119 Å². The number of benzene rings is 3. The minimum absolute atomic E-state index is 0.0739. The molecule has 0 bridgehead atoms. The second kappa shape index (κ2) is 25.3. The van der Waals surface area contributed by atoms with Crippen molar-refractivity contribution in [2.75, 3.05) is 0 Å². The number of hydrogen-bond acceptors (Lipinski definition) is 6. The first-order valence-corrected chi connectivity index (χ1v) is 17.6. The zero-order valence-electron chi connectivity index (χ0n) is 32.0. The molecule has 0 heterocycles. The van der Waals surface area contributed by atoms with E-state index >= 15 is 0 Å². The highest BCUT2D eigenvalue weighted by molar-refractivity contribution is 5.70. The van der Waals surface area contributed by atoms with Gasteiger partial charge in [0.25, 0.3) is 0 Å². The summed E-state index contributed by atoms with van der Waals surface area (Å²) in [5.74, 6) is 0.386. The second-order valence-electron chi connectivity index (χ2n) is 12.8. The molecule has 6 nitrogen and oxygen atoms in total. The van der Waals surface area contributed by atoms with Crippen LogP contribution in [0.25, 0.3) is 0 Å². The van der Waals surface area contributed by atoms with Gasteiger partial charge in [-0.15, -0.1) is 0 Å². The Balaban J connectivity index is 0.000000648. The third-order valence-corrected chi connectivity index (χ3v) is 8.63. The lowest BCUT2D eigenvalue weighted by atomic mass is 9.92. The van der Waals surface area contributed by atoms with Crippen molar-refractivity contribution in [2.24, 2.45) is 0 Å². The highest BCUT2D eigenvalue weighted by Gasteiger charge is 2.19. The summed E-state index contributed by atoms with van der Waals surface area (Å²) in [4.78, 5) is 21.8. The minimum Gasteiger partial charge on any atom is -0.462 e. The SMILES string of the molecule is C=COC(=O)CCC.CCCC(=O)O[C@H](C)[C@H](C)c1ccccc1C.Cc1ccccc1[C@H](C)[C@H](C)O.Cc1ccccc1[C@H](C)[C@H](C)O. The van der Waals surface area contributed by atoms with Crippen LogP contribution >= 0.6 is 0 Å². The number of aliphatic hydroxyl groups is 2. The third kappa shape index (κ3) is 18.0. The fourth-order valence-corrected chi connectivity index (χ4v) is 4.99. The molecule has 49 heavy (non-hydrogen) atoms. The summed E-state index contributed by atoms with van der Waals surface area (Å²) < 4.78 is 9.83. The molecule has 0 radical (unpaired) electrons. The average molecular weight is 677 g/mol. The highest BCUT2D eigenvalue weighted by atomic mass is 16.5. The van der Waals surface area contributed by atoms with E-state index in [-0.39, 0.29) is 48.0 Å². The molecule has 6 heteroatoms. The highest BCUT2D eigenvalue weighted by Crippen LogP contribution is 2.25. The van der Waals surface area contributed by atoms with Crippen LogP contribution in [0.3, 0.4) is 0 Å². The van der Waals surface area contributed by atoms with Crippen molar-refractivity contribution in [3.8, 4) is 0 Å². The van der Waals surface area contributed by atoms with Crippen molar-refractivity contribution in [2.45, 2.75) is 138 Å². The van der Waals surface area contributed by atoms with Crippen molar-refractivity contribution in [1.29, 1.82) is 0 Å². The van der Waals surface area contributed by atoms with E-state index in [4.69, 9.17) is 4.74 Å². The summed E-state index contributed by atoms with van der Waals surface area (Å²) in [5, 5.41) is 18.8.